The maximum Gasteiger partial charge on any atom is 0.0475 e. The third kappa shape index (κ3) is 3.58. The van der Waals surface area contributed by atoms with E-state index in [9.17, 15) is 0 Å². The van der Waals surface area contributed by atoms with Gasteiger partial charge in [0.1, 0.15) is 0 Å². The number of nitrogens with two attached hydrogens (primary N) is 1. The molecule has 0 spiro atoms. The zero-order valence-corrected chi connectivity index (χ0v) is 13.5. The molecule has 108 valence electrons. The Balaban J connectivity index is 3.18. The predicted molar refractivity (Wildman–Crippen MR) is 84.6 cm³/mol. The lowest BCUT2D eigenvalue weighted by atomic mass is 9.94. The summed E-state index contributed by atoms with van der Waals surface area (Å²) in [6, 6.07) is 5.52. The number of aryl methyl sites for hydroxylation is 3. The van der Waals surface area contributed by atoms with Gasteiger partial charge in [-0.2, -0.15) is 0 Å². The van der Waals surface area contributed by atoms with Gasteiger partial charge >= 0.3 is 0 Å². The zero-order valence-electron chi connectivity index (χ0n) is 13.5. The molecule has 0 saturated heterocycles. The van der Waals surface area contributed by atoms with Crippen molar-refractivity contribution >= 4 is 0 Å². The quantitative estimate of drug-likeness (QED) is 0.846. The van der Waals surface area contributed by atoms with Crippen molar-refractivity contribution < 1.29 is 0 Å². The first-order valence-corrected chi connectivity index (χ1v) is 7.49. The SMILES string of the molecule is CCC(C)N(CC)C(CN)c1cc(C)c(C)cc1C. The largest absolute Gasteiger partial charge is 0.329 e. The lowest BCUT2D eigenvalue weighted by Gasteiger charge is -2.36. The molecule has 2 N–H and O–H groups in total. The molecule has 0 radical (unpaired) electrons. The van der Waals surface area contributed by atoms with Crippen LogP contribution in [0.1, 0.15) is 55.5 Å². The number of hydrogen-bond donors (Lipinski definition) is 1. The van der Waals surface area contributed by atoms with Crippen LogP contribution >= 0.6 is 0 Å². The van der Waals surface area contributed by atoms with Gasteiger partial charge < -0.3 is 5.73 Å². The minimum absolute atomic E-state index is 0.333. The maximum absolute atomic E-state index is 6.09. The first-order valence-electron chi connectivity index (χ1n) is 7.49. The van der Waals surface area contributed by atoms with E-state index in [1.165, 1.54) is 22.3 Å². The highest BCUT2D eigenvalue weighted by Crippen LogP contribution is 2.27. The summed E-state index contributed by atoms with van der Waals surface area (Å²) in [6.07, 6.45) is 1.16. The van der Waals surface area contributed by atoms with Gasteiger partial charge in [-0.25, -0.2) is 0 Å². The van der Waals surface area contributed by atoms with Gasteiger partial charge in [0.15, 0.2) is 0 Å². The van der Waals surface area contributed by atoms with Crippen molar-refractivity contribution in [3.8, 4) is 0 Å². The number of nitrogens with zero attached hydrogens (tertiary/aromatic N) is 1. The van der Waals surface area contributed by atoms with E-state index in [0.29, 0.717) is 18.6 Å². The second-order valence-electron chi connectivity index (χ2n) is 5.63. The first-order chi connectivity index (χ1) is 8.96. The summed E-state index contributed by atoms with van der Waals surface area (Å²) in [5.74, 6) is 0. The molecule has 2 heteroatoms. The van der Waals surface area contributed by atoms with Crippen LogP contribution in [-0.4, -0.2) is 24.0 Å². The van der Waals surface area contributed by atoms with Crippen molar-refractivity contribution in [1.82, 2.24) is 4.90 Å². The highest BCUT2D eigenvalue weighted by molar-refractivity contribution is 5.38. The fraction of sp³-hybridized carbons (Fsp3) is 0.647. The number of rotatable bonds is 6. The highest BCUT2D eigenvalue weighted by atomic mass is 15.2. The zero-order chi connectivity index (χ0) is 14.6. The predicted octanol–water partition coefficient (Wildman–Crippen LogP) is 3.73. The standard InChI is InChI=1S/C17H30N2/c1-7-15(6)19(8-2)17(11-18)16-10-13(4)12(3)9-14(16)5/h9-10,15,17H,7-8,11,18H2,1-6H3. The molecule has 19 heavy (non-hydrogen) atoms. The van der Waals surface area contributed by atoms with E-state index in [2.05, 4.69) is 58.6 Å². The van der Waals surface area contributed by atoms with Crippen LogP contribution in [0, 0.1) is 20.8 Å². The fourth-order valence-electron chi connectivity index (χ4n) is 2.86. The molecule has 1 aromatic rings. The van der Waals surface area contributed by atoms with Crippen molar-refractivity contribution in [2.45, 2.75) is 60.0 Å². The van der Waals surface area contributed by atoms with E-state index in [1.807, 2.05) is 0 Å². The van der Waals surface area contributed by atoms with Crippen LogP contribution < -0.4 is 5.73 Å². The molecule has 0 aromatic heterocycles. The second kappa shape index (κ2) is 7.06. The molecule has 1 aromatic carbocycles. The molecule has 0 aliphatic rings. The monoisotopic (exact) mass is 262 g/mol. The molecular formula is C17H30N2. The minimum atomic E-state index is 0.333. The Kier molecular flexibility index (Phi) is 6.02. The van der Waals surface area contributed by atoms with Crippen LogP contribution in [-0.2, 0) is 0 Å². The molecule has 2 nitrogen and oxygen atoms in total. The normalized spacial score (nSPS) is 14.7. The maximum atomic E-state index is 6.09. The van der Waals surface area contributed by atoms with E-state index in [0.717, 1.165) is 13.0 Å². The summed E-state index contributed by atoms with van der Waals surface area (Å²) >= 11 is 0. The summed E-state index contributed by atoms with van der Waals surface area (Å²) in [4.78, 5) is 2.52. The van der Waals surface area contributed by atoms with Gasteiger partial charge in [-0.15, -0.1) is 0 Å². The molecule has 0 heterocycles. The molecule has 0 amide bonds. The smallest absolute Gasteiger partial charge is 0.0475 e. The van der Waals surface area contributed by atoms with Crippen LogP contribution in [0.3, 0.4) is 0 Å². The lowest BCUT2D eigenvalue weighted by molar-refractivity contribution is 0.151. The van der Waals surface area contributed by atoms with Crippen molar-refractivity contribution in [2.75, 3.05) is 13.1 Å². The Labute approximate surface area is 119 Å². The van der Waals surface area contributed by atoms with Crippen LogP contribution in [0.2, 0.25) is 0 Å². The highest BCUT2D eigenvalue weighted by Gasteiger charge is 2.23. The van der Waals surface area contributed by atoms with Crippen LogP contribution in [0.25, 0.3) is 0 Å². The molecule has 1 rings (SSSR count). The summed E-state index contributed by atoms with van der Waals surface area (Å²) in [6.45, 7) is 15.1. The molecule has 0 aliphatic carbocycles. The Hall–Kier alpha value is -0.860. The minimum Gasteiger partial charge on any atom is -0.329 e. The van der Waals surface area contributed by atoms with Crippen LogP contribution in [0.15, 0.2) is 12.1 Å². The summed E-state index contributed by atoms with van der Waals surface area (Å²) in [5.41, 5.74) is 11.6. The van der Waals surface area contributed by atoms with Gasteiger partial charge in [-0.05, 0) is 62.9 Å². The molecule has 0 fully saturated rings. The first kappa shape index (κ1) is 16.2. The average molecular weight is 262 g/mol. The molecular weight excluding hydrogens is 232 g/mol. The number of benzene rings is 1. The Morgan fingerprint density at radius 3 is 2.11 bits per heavy atom. The average Bonchev–Trinajstić information content (AvgIpc) is 2.39. The molecule has 2 unspecified atom stereocenters. The van der Waals surface area contributed by atoms with Crippen molar-refractivity contribution in [3.05, 3.63) is 34.4 Å². The molecule has 2 atom stereocenters. The molecule has 0 saturated carbocycles. The van der Waals surface area contributed by atoms with E-state index < -0.39 is 0 Å². The van der Waals surface area contributed by atoms with Gasteiger partial charge in [0, 0.05) is 18.6 Å². The lowest BCUT2D eigenvalue weighted by Crippen LogP contribution is -2.40. The third-order valence-corrected chi connectivity index (χ3v) is 4.39. The fourth-order valence-corrected chi connectivity index (χ4v) is 2.86. The van der Waals surface area contributed by atoms with Gasteiger partial charge in [-0.3, -0.25) is 4.90 Å². The third-order valence-electron chi connectivity index (χ3n) is 4.39. The van der Waals surface area contributed by atoms with Crippen LogP contribution in [0.5, 0.6) is 0 Å². The summed E-state index contributed by atoms with van der Waals surface area (Å²) < 4.78 is 0. The Morgan fingerprint density at radius 1 is 1.05 bits per heavy atom. The van der Waals surface area contributed by atoms with Gasteiger partial charge in [0.25, 0.3) is 0 Å². The summed E-state index contributed by atoms with van der Waals surface area (Å²) in [7, 11) is 0. The van der Waals surface area contributed by atoms with Crippen molar-refractivity contribution in [2.24, 2.45) is 5.73 Å². The molecule has 0 aliphatic heterocycles. The number of likely N-dealkylation sites (N-methyl/N-ethyl adjacent to an activating group) is 1. The Morgan fingerprint density at radius 2 is 1.63 bits per heavy atom. The second-order valence-corrected chi connectivity index (χ2v) is 5.63. The topological polar surface area (TPSA) is 29.3 Å². The number of hydrogen-bond acceptors (Lipinski definition) is 2. The van der Waals surface area contributed by atoms with Gasteiger partial charge in [-0.1, -0.05) is 26.0 Å². The summed E-state index contributed by atoms with van der Waals surface area (Å²) in [5, 5.41) is 0. The van der Waals surface area contributed by atoms with E-state index in [1.54, 1.807) is 0 Å². The Bertz CT molecular complexity index is 412. The van der Waals surface area contributed by atoms with E-state index >= 15 is 0 Å². The van der Waals surface area contributed by atoms with Gasteiger partial charge in [0.05, 0.1) is 0 Å². The van der Waals surface area contributed by atoms with Gasteiger partial charge in [0.2, 0.25) is 0 Å². The molecule has 0 bridgehead atoms. The van der Waals surface area contributed by atoms with Crippen molar-refractivity contribution in [1.29, 1.82) is 0 Å². The van der Waals surface area contributed by atoms with E-state index in [-0.39, 0.29) is 0 Å². The van der Waals surface area contributed by atoms with Crippen molar-refractivity contribution in [3.63, 3.8) is 0 Å². The van der Waals surface area contributed by atoms with E-state index in [4.69, 9.17) is 5.73 Å². The van der Waals surface area contributed by atoms with Crippen LogP contribution in [0.4, 0.5) is 0 Å².